The predicted molar refractivity (Wildman–Crippen MR) is 81.3 cm³/mol. The molecule has 2 fully saturated rings. The largest absolute Gasteiger partial charge is 0.356 e. The lowest BCUT2D eigenvalue weighted by molar-refractivity contribution is -0.125. The van der Waals surface area contributed by atoms with Gasteiger partial charge in [0.05, 0.1) is 0 Å². The zero-order valence-electron chi connectivity index (χ0n) is 12.3. The first-order chi connectivity index (χ1) is 8.46. The van der Waals surface area contributed by atoms with Crippen molar-refractivity contribution in [2.45, 2.75) is 64.8 Å². The zero-order chi connectivity index (χ0) is 13.2. The lowest BCUT2D eigenvalue weighted by Crippen LogP contribution is -2.36. The SMILES string of the molecule is CC1(C)CCC(CNC(=O)C2CCC(N)C2)CC1.Cl. The van der Waals surface area contributed by atoms with Gasteiger partial charge in [-0.15, -0.1) is 12.4 Å². The van der Waals surface area contributed by atoms with Crippen LogP contribution in [-0.4, -0.2) is 18.5 Å². The van der Waals surface area contributed by atoms with E-state index in [1.807, 2.05) is 0 Å². The molecule has 0 radical (unpaired) electrons. The predicted octanol–water partition coefficient (Wildman–Crippen LogP) is 2.87. The molecule has 2 saturated carbocycles. The third-order valence-electron chi connectivity index (χ3n) is 4.87. The molecule has 3 nitrogen and oxygen atoms in total. The Labute approximate surface area is 123 Å². The van der Waals surface area contributed by atoms with Gasteiger partial charge in [0.25, 0.3) is 0 Å². The molecular weight excluding hydrogens is 260 g/mol. The summed E-state index contributed by atoms with van der Waals surface area (Å²) in [5.74, 6) is 1.12. The first-order valence-electron chi connectivity index (χ1n) is 7.49. The minimum atomic E-state index is 0. The molecule has 19 heavy (non-hydrogen) atoms. The highest BCUT2D eigenvalue weighted by Crippen LogP contribution is 2.37. The Morgan fingerprint density at radius 2 is 1.84 bits per heavy atom. The highest BCUT2D eigenvalue weighted by atomic mass is 35.5. The maximum atomic E-state index is 12.0. The van der Waals surface area contributed by atoms with Crippen LogP contribution in [-0.2, 0) is 4.79 Å². The summed E-state index contributed by atoms with van der Waals surface area (Å²) >= 11 is 0. The van der Waals surface area contributed by atoms with Gasteiger partial charge in [0.1, 0.15) is 0 Å². The Bertz CT molecular complexity index is 297. The maximum Gasteiger partial charge on any atom is 0.223 e. The van der Waals surface area contributed by atoms with Gasteiger partial charge in [-0.25, -0.2) is 0 Å². The highest BCUT2D eigenvalue weighted by Gasteiger charge is 2.30. The fourth-order valence-corrected chi connectivity index (χ4v) is 3.31. The maximum absolute atomic E-state index is 12.0. The van der Waals surface area contributed by atoms with Gasteiger partial charge in [0.2, 0.25) is 5.91 Å². The summed E-state index contributed by atoms with van der Waals surface area (Å²) in [7, 11) is 0. The molecule has 0 spiro atoms. The molecule has 0 aromatic carbocycles. The van der Waals surface area contributed by atoms with Crippen molar-refractivity contribution in [1.29, 1.82) is 0 Å². The first-order valence-corrected chi connectivity index (χ1v) is 7.49. The average molecular weight is 289 g/mol. The normalized spacial score (nSPS) is 30.7. The molecule has 0 aromatic heterocycles. The number of amides is 1. The minimum absolute atomic E-state index is 0. The van der Waals surface area contributed by atoms with Gasteiger partial charge in [-0.3, -0.25) is 4.79 Å². The Kier molecular flexibility index (Phi) is 6.13. The second kappa shape index (κ2) is 6.94. The number of rotatable bonds is 3. The van der Waals surface area contributed by atoms with Crippen molar-refractivity contribution in [3.63, 3.8) is 0 Å². The van der Waals surface area contributed by atoms with Gasteiger partial charge >= 0.3 is 0 Å². The molecule has 0 heterocycles. The summed E-state index contributed by atoms with van der Waals surface area (Å²) < 4.78 is 0. The van der Waals surface area contributed by atoms with Crippen molar-refractivity contribution in [2.75, 3.05) is 6.54 Å². The smallest absolute Gasteiger partial charge is 0.223 e. The number of nitrogens with two attached hydrogens (primary N) is 1. The fraction of sp³-hybridized carbons (Fsp3) is 0.933. The van der Waals surface area contributed by atoms with Crippen molar-refractivity contribution >= 4 is 18.3 Å². The molecule has 2 atom stereocenters. The van der Waals surface area contributed by atoms with Crippen LogP contribution in [0.1, 0.15) is 58.8 Å². The van der Waals surface area contributed by atoms with Crippen molar-refractivity contribution < 1.29 is 4.79 Å². The van der Waals surface area contributed by atoms with E-state index in [0.717, 1.165) is 25.8 Å². The van der Waals surface area contributed by atoms with E-state index in [4.69, 9.17) is 5.73 Å². The van der Waals surface area contributed by atoms with Crippen LogP contribution in [0.15, 0.2) is 0 Å². The fourth-order valence-electron chi connectivity index (χ4n) is 3.31. The number of hydrogen-bond acceptors (Lipinski definition) is 2. The van der Waals surface area contributed by atoms with Gasteiger partial charge in [-0.05, 0) is 56.3 Å². The van der Waals surface area contributed by atoms with Gasteiger partial charge in [0.15, 0.2) is 0 Å². The summed E-state index contributed by atoms with van der Waals surface area (Å²) in [6.45, 7) is 5.57. The van der Waals surface area contributed by atoms with E-state index in [1.165, 1.54) is 25.7 Å². The Morgan fingerprint density at radius 1 is 1.21 bits per heavy atom. The molecule has 1 amide bonds. The Morgan fingerprint density at radius 3 is 2.37 bits per heavy atom. The van der Waals surface area contributed by atoms with Crippen LogP contribution in [0.25, 0.3) is 0 Å². The second-order valence-electron chi connectivity index (χ2n) is 7.12. The Hall–Kier alpha value is -0.280. The number of carbonyl (C=O) groups is 1. The van der Waals surface area contributed by atoms with Crippen molar-refractivity contribution in [1.82, 2.24) is 5.32 Å². The average Bonchev–Trinajstić information content (AvgIpc) is 2.74. The molecule has 0 aliphatic heterocycles. The molecule has 112 valence electrons. The van der Waals surface area contributed by atoms with Gasteiger partial charge < -0.3 is 11.1 Å². The van der Waals surface area contributed by atoms with Crippen LogP contribution < -0.4 is 11.1 Å². The van der Waals surface area contributed by atoms with Crippen LogP contribution in [0.4, 0.5) is 0 Å². The van der Waals surface area contributed by atoms with E-state index < -0.39 is 0 Å². The molecular formula is C15H29ClN2O. The van der Waals surface area contributed by atoms with E-state index >= 15 is 0 Å². The minimum Gasteiger partial charge on any atom is -0.356 e. The lowest BCUT2D eigenvalue weighted by Gasteiger charge is -2.34. The number of hydrogen-bond donors (Lipinski definition) is 2. The van der Waals surface area contributed by atoms with E-state index in [-0.39, 0.29) is 30.3 Å². The van der Waals surface area contributed by atoms with Crippen molar-refractivity contribution in [3.8, 4) is 0 Å². The van der Waals surface area contributed by atoms with Gasteiger partial charge in [-0.2, -0.15) is 0 Å². The molecule has 0 saturated heterocycles. The monoisotopic (exact) mass is 288 g/mol. The summed E-state index contributed by atoms with van der Waals surface area (Å²) in [5, 5.41) is 3.15. The van der Waals surface area contributed by atoms with Crippen LogP contribution in [0.5, 0.6) is 0 Å². The third kappa shape index (κ3) is 4.96. The van der Waals surface area contributed by atoms with Crippen molar-refractivity contribution in [3.05, 3.63) is 0 Å². The topological polar surface area (TPSA) is 55.1 Å². The van der Waals surface area contributed by atoms with Crippen LogP contribution in [0, 0.1) is 17.3 Å². The number of nitrogens with one attached hydrogen (secondary N) is 1. The quantitative estimate of drug-likeness (QED) is 0.839. The molecule has 4 heteroatoms. The molecule has 2 rings (SSSR count). The molecule has 0 bridgehead atoms. The standard InChI is InChI=1S/C15H28N2O.ClH/c1-15(2)7-5-11(6-8-15)10-17-14(18)12-3-4-13(16)9-12;/h11-13H,3-10,16H2,1-2H3,(H,17,18);1H. The van der Waals surface area contributed by atoms with E-state index in [2.05, 4.69) is 19.2 Å². The molecule has 0 aromatic rings. The molecule has 2 unspecified atom stereocenters. The number of halogens is 1. The second-order valence-corrected chi connectivity index (χ2v) is 7.12. The Balaban J connectivity index is 0.00000180. The third-order valence-corrected chi connectivity index (χ3v) is 4.87. The lowest BCUT2D eigenvalue weighted by atomic mass is 9.73. The van der Waals surface area contributed by atoms with Crippen LogP contribution >= 0.6 is 12.4 Å². The van der Waals surface area contributed by atoms with Crippen LogP contribution in [0.3, 0.4) is 0 Å². The van der Waals surface area contributed by atoms with Crippen LogP contribution in [0.2, 0.25) is 0 Å². The van der Waals surface area contributed by atoms with E-state index in [0.29, 0.717) is 11.3 Å². The van der Waals surface area contributed by atoms with Gasteiger partial charge in [0, 0.05) is 18.5 Å². The summed E-state index contributed by atoms with van der Waals surface area (Å²) in [6, 6.07) is 0.247. The molecule has 2 aliphatic carbocycles. The first kappa shape index (κ1) is 16.8. The molecule has 3 N–H and O–H groups in total. The summed E-state index contributed by atoms with van der Waals surface area (Å²) in [4.78, 5) is 12.0. The van der Waals surface area contributed by atoms with Crippen molar-refractivity contribution in [2.24, 2.45) is 23.0 Å². The highest BCUT2D eigenvalue weighted by molar-refractivity contribution is 5.85. The van der Waals surface area contributed by atoms with Gasteiger partial charge in [-0.1, -0.05) is 13.8 Å². The molecule has 2 aliphatic rings. The summed E-state index contributed by atoms with van der Waals surface area (Å²) in [6.07, 6.45) is 7.97. The summed E-state index contributed by atoms with van der Waals surface area (Å²) in [5.41, 5.74) is 6.36. The van der Waals surface area contributed by atoms with E-state index in [9.17, 15) is 4.79 Å². The number of carbonyl (C=O) groups excluding carboxylic acids is 1. The van der Waals surface area contributed by atoms with E-state index in [1.54, 1.807) is 0 Å². The zero-order valence-corrected chi connectivity index (χ0v) is 13.1.